The van der Waals surface area contributed by atoms with Crippen molar-refractivity contribution in [1.29, 1.82) is 0 Å². The number of amides is 2. The van der Waals surface area contributed by atoms with Gasteiger partial charge in [0.1, 0.15) is 30.1 Å². The second-order valence-electron chi connectivity index (χ2n) is 6.69. The molecule has 4 rings (SSSR count). The van der Waals surface area contributed by atoms with Crippen molar-refractivity contribution in [3.8, 4) is 0 Å². The molecule has 1 aliphatic rings. The van der Waals surface area contributed by atoms with Crippen LogP contribution in [0.1, 0.15) is 40.4 Å². The highest BCUT2D eigenvalue weighted by Crippen LogP contribution is 2.10. The zero-order valence-corrected chi connectivity index (χ0v) is 16.6. The Balaban J connectivity index is 1.40. The average Bonchev–Trinajstić information content (AvgIpc) is 3.38. The van der Waals surface area contributed by atoms with Crippen molar-refractivity contribution < 1.29 is 16.7 Å². The molecule has 1 aromatic heterocycles. The van der Waals surface area contributed by atoms with Crippen LogP contribution in [0.5, 0.6) is 0 Å². The van der Waals surface area contributed by atoms with Gasteiger partial charge in [0.25, 0.3) is 11.8 Å². The van der Waals surface area contributed by atoms with E-state index >= 15 is 0 Å². The highest BCUT2D eigenvalue weighted by molar-refractivity contribution is 6.02. The smallest absolute Gasteiger partial charge is 0.270 e. The van der Waals surface area contributed by atoms with Crippen LogP contribution in [0.3, 0.4) is 0 Å². The molecule has 2 aromatic carbocycles. The third-order valence-corrected chi connectivity index (χ3v) is 4.49. The minimum absolute atomic E-state index is 0.0691. The van der Waals surface area contributed by atoms with Gasteiger partial charge in [-0.25, -0.2) is 14.4 Å². The third-order valence-electron chi connectivity index (χ3n) is 4.49. The highest BCUT2D eigenvalue weighted by Gasteiger charge is 2.13. The second-order valence-corrected chi connectivity index (χ2v) is 6.69. The van der Waals surface area contributed by atoms with Gasteiger partial charge in [0.15, 0.2) is 0 Å². The monoisotopic (exact) mass is 433 g/mol. The van der Waals surface area contributed by atoms with E-state index < -0.39 is 18.3 Å². The maximum Gasteiger partial charge on any atom is 0.270 e. The van der Waals surface area contributed by atoms with Gasteiger partial charge in [-0.05, 0) is 34.0 Å². The predicted octanol–water partition coefficient (Wildman–Crippen LogP) is 2.65. The summed E-state index contributed by atoms with van der Waals surface area (Å²) >= 11 is 0. The fraction of sp³-hybridized carbons (Fsp3) is 0.136. The van der Waals surface area contributed by atoms with E-state index in [9.17, 15) is 14.0 Å². The standard InChI is InChI=1S/C22H18FN7O2/c23-17-7-3-15(4-8-17)11-25-22(32)19-9-18(26-13-27-19)21(31)24-10-14-1-5-16(6-2-14)20-12-28-30-29-20/h1-9,13H,10-12H2,(H,24,31)(H,25,32)/i10D2. The predicted molar refractivity (Wildman–Crippen MR) is 113 cm³/mol. The molecular formula is C22H18FN7O2. The molecule has 2 heterocycles. The molecule has 0 saturated heterocycles. The molecule has 0 atom stereocenters. The van der Waals surface area contributed by atoms with Gasteiger partial charge >= 0.3 is 0 Å². The lowest BCUT2D eigenvalue weighted by molar-refractivity contribution is 0.0944. The van der Waals surface area contributed by atoms with E-state index in [4.69, 9.17) is 2.74 Å². The first-order valence-electron chi connectivity index (χ1n) is 10.5. The molecule has 0 spiro atoms. The van der Waals surface area contributed by atoms with Gasteiger partial charge in [0.2, 0.25) is 0 Å². The Morgan fingerprint density at radius 2 is 1.59 bits per heavy atom. The molecule has 0 fully saturated rings. The number of nitrogens with one attached hydrogen (secondary N) is 2. The number of halogens is 1. The number of nitrogens with zero attached hydrogens (tertiary/aromatic N) is 5. The SMILES string of the molecule is [2H]C([2H])(NC(=O)c1cc(C(=O)NCc2ccc(F)cc2)ncn1)c1ccc(C2=NN=NC2)cc1. The van der Waals surface area contributed by atoms with E-state index in [1.54, 1.807) is 12.1 Å². The summed E-state index contributed by atoms with van der Waals surface area (Å²) in [6.45, 7) is -1.72. The van der Waals surface area contributed by atoms with Crippen LogP contribution in [-0.4, -0.2) is 34.0 Å². The molecule has 0 unspecified atom stereocenters. The summed E-state index contributed by atoms with van der Waals surface area (Å²) in [6.07, 6.45) is 1.05. The van der Waals surface area contributed by atoms with Gasteiger partial charge in [-0.2, -0.15) is 5.11 Å². The van der Waals surface area contributed by atoms with Crippen LogP contribution in [0.25, 0.3) is 0 Å². The fourth-order valence-corrected chi connectivity index (χ4v) is 2.78. The van der Waals surface area contributed by atoms with Crippen LogP contribution in [0, 0.1) is 5.82 Å². The molecule has 0 bridgehead atoms. The number of hydrogen-bond donors (Lipinski definition) is 2. The molecule has 3 aromatic rings. The maximum atomic E-state index is 13.0. The largest absolute Gasteiger partial charge is 0.347 e. The topological polar surface area (TPSA) is 121 Å². The number of hydrogen-bond acceptors (Lipinski definition) is 7. The summed E-state index contributed by atoms with van der Waals surface area (Å²) in [5, 5.41) is 16.1. The van der Waals surface area contributed by atoms with Gasteiger partial charge in [-0.3, -0.25) is 9.59 Å². The Hall–Kier alpha value is -4.34. The Bertz CT molecular complexity index is 1280. The van der Waals surface area contributed by atoms with Crippen molar-refractivity contribution in [3.63, 3.8) is 0 Å². The summed E-state index contributed by atoms with van der Waals surface area (Å²) in [6, 6.07) is 13.2. The van der Waals surface area contributed by atoms with Crippen LogP contribution < -0.4 is 10.6 Å². The van der Waals surface area contributed by atoms with Crippen LogP contribution in [0.4, 0.5) is 4.39 Å². The highest BCUT2D eigenvalue weighted by atomic mass is 19.1. The van der Waals surface area contributed by atoms with Gasteiger partial charge in [0, 0.05) is 19.1 Å². The number of benzene rings is 2. The first kappa shape index (κ1) is 18.4. The lowest BCUT2D eigenvalue weighted by Gasteiger charge is -2.08. The molecule has 10 heteroatoms. The van der Waals surface area contributed by atoms with Crippen molar-refractivity contribution in [1.82, 2.24) is 20.6 Å². The summed E-state index contributed by atoms with van der Waals surface area (Å²) < 4.78 is 29.5. The number of carbonyl (C=O) groups is 2. The molecule has 2 N–H and O–H groups in total. The molecule has 0 radical (unpaired) electrons. The molecule has 9 nitrogen and oxygen atoms in total. The lowest BCUT2D eigenvalue weighted by Crippen LogP contribution is -2.27. The quantitative estimate of drug-likeness (QED) is 0.595. The van der Waals surface area contributed by atoms with Crippen LogP contribution in [-0.2, 0) is 13.0 Å². The first-order chi connectivity index (χ1) is 16.3. The van der Waals surface area contributed by atoms with Crippen LogP contribution in [0.15, 0.2) is 76.4 Å². The summed E-state index contributed by atoms with van der Waals surface area (Å²) in [7, 11) is 0. The molecule has 2 amide bonds. The average molecular weight is 433 g/mol. The van der Waals surface area contributed by atoms with Gasteiger partial charge in [-0.15, -0.1) is 5.10 Å². The second kappa shape index (κ2) is 9.65. The Morgan fingerprint density at radius 3 is 2.25 bits per heavy atom. The van der Waals surface area contributed by atoms with E-state index in [2.05, 4.69) is 36.0 Å². The van der Waals surface area contributed by atoms with E-state index in [-0.39, 0.29) is 29.3 Å². The van der Waals surface area contributed by atoms with E-state index in [1.165, 1.54) is 42.5 Å². The van der Waals surface area contributed by atoms with Crippen molar-refractivity contribution in [2.75, 3.05) is 6.54 Å². The zero-order valence-electron chi connectivity index (χ0n) is 18.6. The normalized spacial score (nSPS) is 13.7. The zero-order chi connectivity index (χ0) is 24.1. The van der Waals surface area contributed by atoms with Crippen molar-refractivity contribution in [2.24, 2.45) is 15.4 Å². The van der Waals surface area contributed by atoms with Crippen molar-refractivity contribution >= 4 is 17.5 Å². The summed E-state index contributed by atoms with van der Waals surface area (Å²) in [5.74, 6) is -1.76. The molecule has 0 saturated carbocycles. The van der Waals surface area contributed by atoms with Crippen molar-refractivity contribution in [2.45, 2.75) is 13.0 Å². The molecule has 0 aliphatic carbocycles. The third kappa shape index (κ3) is 5.22. The summed E-state index contributed by atoms with van der Waals surface area (Å²) in [5.41, 5.74) is 2.07. The van der Waals surface area contributed by atoms with Crippen LogP contribution >= 0.6 is 0 Å². The van der Waals surface area contributed by atoms with Crippen LogP contribution in [0.2, 0.25) is 0 Å². The maximum absolute atomic E-state index is 13.0. The molecular weight excluding hydrogens is 413 g/mol. The molecule has 1 aliphatic heterocycles. The van der Waals surface area contributed by atoms with E-state index in [0.717, 1.165) is 11.9 Å². The number of rotatable bonds is 7. The van der Waals surface area contributed by atoms with Gasteiger partial charge < -0.3 is 10.6 Å². The van der Waals surface area contributed by atoms with E-state index in [0.29, 0.717) is 17.8 Å². The Kier molecular flexibility index (Phi) is 5.56. The fourth-order valence-electron chi connectivity index (χ4n) is 2.78. The lowest BCUT2D eigenvalue weighted by atomic mass is 10.1. The Morgan fingerprint density at radius 1 is 0.938 bits per heavy atom. The minimum atomic E-state index is -2.21. The minimum Gasteiger partial charge on any atom is -0.347 e. The molecule has 160 valence electrons. The first-order valence-corrected chi connectivity index (χ1v) is 9.53. The van der Waals surface area contributed by atoms with Gasteiger partial charge in [0.05, 0.1) is 8.45 Å². The Labute approximate surface area is 185 Å². The molecule has 32 heavy (non-hydrogen) atoms. The van der Waals surface area contributed by atoms with Crippen molar-refractivity contribution in [3.05, 3.63) is 94.8 Å². The van der Waals surface area contributed by atoms with Gasteiger partial charge in [-0.1, -0.05) is 36.4 Å². The summed E-state index contributed by atoms with van der Waals surface area (Å²) in [4.78, 5) is 32.8. The van der Waals surface area contributed by atoms with E-state index in [1.807, 2.05) is 0 Å². The number of carbonyl (C=O) groups excluding carboxylic acids is 2. The number of aromatic nitrogens is 2.